The molecule has 0 aliphatic heterocycles. The first-order valence-electron chi connectivity index (χ1n) is 7.40. The number of hydroxylamine groups is 2. The molecule has 2 rings (SSSR count). The van der Waals surface area contributed by atoms with Crippen LogP contribution in [-0.2, 0) is 4.84 Å². The largest absolute Gasteiger partial charge is 0.755 e. The van der Waals surface area contributed by atoms with Crippen molar-refractivity contribution in [1.82, 2.24) is 5.64 Å². The van der Waals surface area contributed by atoms with E-state index in [1.54, 1.807) is 12.1 Å². The van der Waals surface area contributed by atoms with Crippen molar-refractivity contribution >= 4 is 11.4 Å². The molecule has 0 bridgehead atoms. The van der Waals surface area contributed by atoms with Crippen molar-refractivity contribution < 1.29 is 46.0 Å². The van der Waals surface area contributed by atoms with Crippen molar-refractivity contribution in [2.45, 2.75) is 27.2 Å². The van der Waals surface area contributed by atoms with Gasteiger partial charge in [0.25, 0.3) is 0 Å². The Balaban J connectivity index is 0.00000312. The van der Waals surface area contributed by atoms with E-state index in [1.165, 1.54) is 12.7 Å². The summed E-state index contributed by atoms with van der Waals surface area (Å²) in [5, 5.41) is 21.1. The Labute approximate surface area is 170 Å². The van der Waals surface area contributed by atoms with E-state index in [9.17, 15) is 10.4 Å². The van der Waals surface area contributed by atoms with E-state index in [2.05, 4.69) is 4.99 Å². The van der Waals surface area contributed by atoms with Gasteiger partial charge in [-0.2, -0.15) is 5.23 Å². The predicted molar refractivity (Wildman–Crippen MR) is 91.1 cm³/mol. The van der Waals surface area contributed by atoms with Gasteiger partial charge in [0.15, 0.2) is 11.5 Å². The molecule has 0 radical (unpaired) electrons. The van der Waals surface area contributed by atoms with Crippen LogP contribution in [0.4, 0.5) is 5.69 Å². The van der Waals surface area contributed by atoms with E-state index in [4.69, 9.17) is 15.4 Å². The first kappa shape index (κ1) is 21.7. The van der Waals surface area contributed by atoms with E-state index in [-0.39, 0.29) is 36.3 Å². The van der Waals surface area contributed by atoms with Crippen LogP contribution in [0.3, 0.4) is 0 Å². The second kappa shape index (κ2) is 9.38. The zero-order chi connectivity index (χ0) is 17.9. The van der Waals surface area contributed by atoms with Crippen LogP contribution in [0.25, 0.3) is 0 Å². The van der Waals surface area contributed by atoms with Gasteiger partial charge in [0.1, 0.15) is 7.05 Å². The first-order chi connectivity index (χ1) is 11.3. The molecule has 0 saturated carbocycles. The molecule has 1 aliphatic carbocycles. The summed E-state index contributed by atoms with van der Waals surface area (Å²) >= 11 is 0. The van der Waals surface area contributed by atoms with Gasteiger partial charge in [-0.05, 0) is 50.1 Å². The molecule has 0 saturated heterocycles. The van der Waals surface area contributed by atoms with Gasteiger partial charge in [-0.25, -0.2) is 5.64 Å². The molecule has 0 aromatic heterocycles. The average Bonchev–Trinajstić information content (AvgIpc) is 2.49. The summed E-state index contributed by atoms with van der Waals surface area (Å²) in [4.78, 5) is 14.6. The van der Waals surface area contributed by atoms with Gasteiger partial charge >= 0.3 is 0 Å². The van der Waals surface area contributed by atoms with Crippen molar-refractivity contribution in [2.24, 2.45) is 10.7 Å². The van der Waals surface area contributed by atoms with Crippen LogP contribution in [0.1, 0.15) is 24.5 Å². The number of allylic oxidation sites excluding steroid dienone is 3. The van der Waals surface area contributed by atoms with Gasteiger partial charge in [-0.1, -0.05) is 0 Å². The number of hydrogen-bond donors (Lipinski definition) is 3. The van der Waals surface area contributed by atoms with E-state index in [0.717, 1.165) is 28.1 Å². The molecule has 1 atom stereocenters. The van der Waals surface area contributed by atoms with Gasteiger partial charge in [0, 0.05) is 43.1 Å². The topological polar surface area (TPSA) is 119 Å². The third-order valence-corrected chi connectivity index (χ3v) is 3.63. The zero-order valence-electron chi connectivity index (χ0n) is 14.6. The van der Waals surface area contributed by atoms with Gasteiger partial charge in [0.2, 0.25) is 0 Å². The zero-order valence-corrected chi connectivity index (χ0v) is 18.8. The minimum Gasteiger partial charge on any atom is -0.755 e. The third kappa shape index (κ3) is 5.57. The smallest absolute Gasteiger partial charge is 0.193 e. The monoisotopic (exact) mass is 571 g/mol. The maximum atomic E-state index is 11.1. The Morgan fingerprint density at radius 3 is 2.52 bits per heavy atom. The number of nitrogens with zero attached hydrogens (tertiary/aromatic N) is 1. The molecular formula is C16H21N4O4U-. The molecule has 1 unspecified atom stereocenters. The quantitative estimate of drug-likeness (QED) is 0.458. The predicted octanol–water partition coefficient (Wildman–Crippen LogP) is 1.22. The molecule has 1 aromatic carbocycles. The number of rotatable bonds is 5. The summed E-state index contributed by atoms with van der Waals surface area (Å²) in [6, 6.07) is 3.64. The summed E-state index contributed by atoms with van der Waals surface area (Å²) in [5.41, 5.74) is 11.8. The minimum absolute atomic E-state index is 0. The van der Waals surface area contributed by atoms with E-state index in [0.29, 0.717) is 23.6 Å². The second-order valence-corrected chi connectivity index (χ2v) is 5.64. The Hall–Kier alpha value is -1.34. The van der Waals surface area contributed by atoms with Crippen LogP contribution in [0.15, 0.2) is 40.2 Å². The fourth-order valence-electron chi connectivity index (χ4n) is 2.35. The van der Waals surface area contributed by atoms with E-state index in [1.807, 2.05) is 26.8 Å². The number of aliphatic imine (C=N–C) groups is 1. The van der Waals surface area contributed by atoms with Crippen LogP contribution in [0.5, 0.6) is 5.75 Å². The SMILES string of the molecule is CC1=CC(ON[O-])=C(N)CC1=Nc1cc(C)c(O[NH+](C)[O-])cc1C.[U]. The number of benzene rings is 1. The van der Waals surface area contributed by atoms with E-state index < -0.39 is 0 Å². The molecule has 1 aliphatic rings. The summed E-state index contributed by atoms with van der Waals surface area (Å²) in [7, 11) is 1.37. The Bertz CT molecular complexity index is 729. The molecule has 134 valence electrons. The maximum absolute atomic E-state index is 11.1. The number of hydrogen-bond acceptors (Lipinski definition) is 7. The van der Waals surface area contributed by atoms with Gasteiger partial charge in [-0.3, -0.25) is 4.99 Å². The average molecular weight is 571 g/mol. The first-order valence-corrected chi connectivity index (χ1v) is 7.40. The van der Waals surface area contributed by atoms with Crippen molar-refractivity contribution in [3.8, 4) is 5.75 Å². The summed E-state index contributed by atoms with van der Waals surface area (Å²) in [6.45, 7) is 5.61. The fraction of sp³-hybridized carbons (Fsp3) is 0.312. The molecule has 4 N–H and O–H groups in total. The number of quaternary nitrogens is 1. The number of nitrogens with two attached hydrogens (primary N) is 1. The van der Waals surface area contributed by atoms with Gasteiger partial charge < -0.3 is 25.8 Å². The summed E-state index contributed by atoms with van der Waals surface area (Å²) in [6.07, 6.45) is 2.04. The van der Waals surface area contributed by atoms with Crippen LogP contribution in [0, 0.1) is 55.4 Å². The molecule has 8 nitrogen and oxygen atoms in total. The standard InChI is InChI=1S/C16H21N4O4.U/c1-9-6-15(24-20(4)22)11(3)5-13(9)18-14-8-12(17)16(23-19-21)7-10(14)2;/h5-7,19-20H,8,17H2,1-4H3;/q-1;. The van der Waals surface area contributed by atoms with Crippen LogP contribution >= 0.6 is 0 Å². The second-order valence-electron chi connectivity index (χ2n) is 5.64. The molecule has 0 heterocycles. The molecule has 1 aromatic rings. The van der Waals surface area contributed by atoms with Gasteiger partial charge in [-0.15, -0.1) is 0 Å². The molecular weight excluding hydrogens is 550 g/mol. The molecule has 0 fully saturated rings. The Morgan fingerprint density at radius 1 is 1.24 bits per heavy atom. The van der Waals surface area contributed by atoms with Gasteiger partial charge in [0.05, 0.1) is 17.1 Å². The van der Waals surface area contributed by atoms with Crippen molar-refractivity contribution in [1.29, 1.82) is 0 Å². The molecule has 0 spiro atoms. The summed E-state index contributed by atoms with van der Waals surface area (Å²) < 4.78 is 0. The Morgan fingerprint density at radius 2 is 1.92 bits per heavy atom. The van der Waals surface area contributed by atoms with Crippen LogP contribution in [0.2, 0.25) is 0 Å². The minimum atomic E-state index is -0.361. The number of aryl methyl sites for hydroxylation is 2. The van der Waals surface area contributed by atoms with Crippen molar-refractivity contribution in [3.63, 3.8) is 0 Å². The molecule has 9 heteroatoms. The number of nitrogens with one attached hydrogen (secondary N) is 2. The molecule has 25 heavy (non-hydrogen) atoms. The normalized spacial score (nSPS) is 17.0. The fourth-order valence-corrected chi connectivity index (χ4v) is 2.35. The summed E-state index contributed by atoms with van der Waals surface area (Å²) in [5.74, 6) is 0.830. The van der Waals surface area contributed by atoms with E-state index >= 15 is 0 Å². The molecule has 0 amide bonds. The third-order valence-electron chi connectivity index (χ3n) is 3.63. The van der Waals surface area contributed by atoms with Crippen LogP contribution < -0.4 is 21.4 Å². The van der Waals surface area contributed by atoms with Crippen LogP contribution in [-0.4, -0.2) is 12.8 Å². The van der Waals surface area contributed by atoms with Crippen molar-refractivity contribution in [3.05, 3.63) is 56.8 Å². The Kier molecular flexibility index (Phi) is 8.15. The maximum Gasteiger partial charge on any atom is 0.193 e. The van der Waals surface area contributed by atoms with Crippen molar-refractivity contribution in [2.75, 3.05) is 7.05 Å².